The smallest absolute Gasteiger partial charge is 0.257 e. The Balaban J connectivity index is 1.60. The number of aliphatic hydroxyl groups excluding tert-OH is 1. The Bertz CT molecular complexity index is 1240. The molecular weight excluding hydrogens is 432 g/mol. The third-order valence-corrected chi connectivity index (χ3v) is 4.88. The summed E-state index contributed by atoms with van der Waals surface area (Å²) in [6.07, 6.45) is 0.0928. The number of nitrogens with one attached hydrogen (secondary N) is 3. The minimum Gasteiger partial charge on any atom is -0.511 e. The van der Waals surface area contributed by atoms with Gasteiger partial charge in [0.05, 0.1) is 30.8 Å². The SMILES string of the molecule is C=C(O)CNC(=O)Cc1ccc(Nc2nc(-c3c(F)cccc3F)nc3c2C(=O)NC3)cc1. The van der Waals surface area contributed by atoms with Crippen LogP contribution in [0.5, 0.6) is 0 Å². The summed E-state index contributed by atoms with van der Waals surface area (Å²) in [5.41, 5.74) is 1.40. The molecule has 4 rings (SSSR count). The number of carbonyl (C=O) groups is 2. The number of rotatable bonds is 7. The van der Waals surface area contributed by atoms with Gasteiger partial charge in [0.25, 0.3) is 5.91 Å². The third-order valence-electron chi connectivity index (χ3n) is 4.88. The maximum absolute atomic E-state index is 14.3. The van der Waals surface area contributed by atoms with Crippen LogP contribution < -0.4 is 16.0 Å². The van der Waals surface area contributed by atoms with Crippen molar-refractivity contribution in [3.8, 4) is 11.4 Å². The molecule has 1 aliphatic rings. The third kappa shape index (κ3) is 4.79. The lowest BCUT2D eigenvalue weighted by molar-refractivity contribution is -0.120. The van der Waals surface area contributed by atoms with Crippen molar-refractivity contribution in [2.75, 3.05) is 11.9 Å². The van der Waals surface area contributed by atoms with Crippen LogP contribution in [0.4, 0.5) is 20.3 Å². The highest BCUT2D eigenvalue weighted by Crippen LogP contribution is 2.30. The number of amides is 2. The number of halogens is 2. The zero-order chi connectivity index (χ0) is 23.5. The second kappa shape index (κ2) is 9.03. The normalized spacial score (nSPS) is 12.1. The minimum absolute atomic E-state index is 0.0235. The van der Waals surface area contributed by atoms with Crippen LogP contribution in [0, 0.1) is 11.6 Å². The molecule has 3 aromatic rings. The van der Waals surface area contributed by atoms with Gasteiger partial charge in [0, 0.05) is 5.69 Å². The molecule has 0 spiro atoms. The molecule has 1 aliphatic heterocycles. The van der Waals surface area contributed by atoms with E-state index in [1.54, 1.807) is 24.3 Å². The van der Waals surface area contributed by atoms with E-state index in [9.17, 15) is 18.4 Å². The molecule has 4 N–H and O–H groups in total. The van der Waals surface area contributed by atoms with Crippen LogP contribution in [-0.4, -0.2) is 33.4 Å². The lowest BCUT2D eigenvalue weighted by atomic mass is 10.1. The summed E-state index contributed by atoms with van der Waals surface area (Å²) < 4.78 is 28.6. The molecule has 2 amide bonds. The van der Waals surface area contributed by atoms with E-state index in [1.807, 2.05) is 0 Å². The first-order valence-electron chi connectivity index (χ1n) is 9.94. The summed E-state index contributed by atoms with van der Waals surface area (Å²) in [5.74, 6) is -2.52. The zero-order valence-corrected chi connectivity index (χ0v) is 17.3. The summed E-state index contributed by atoms with van der Waals surface area (Å²) in [6.45, 7) is 3.39. The van der Waals surface area contributed by atoms with Crippen LogP contribution in [0.25, 0.3) is 11.4 Å². The van der Waals surface area contributed by atoms with Crippen molar-refractivity contribution in [1.29, 1.82) is 0 Å². The monoisotopic (exact) mass is 451 g/mol. The van der Waals surface area contributed by atoms with Gasteiger partial charge in [-0.2, -0.15) is 0 Å². The van der Waals surface area contributed by atoms with Crippen molar-refractivity contribution in [3.63, 3.8) is 0 Å². The standard InChI is InChI=1S/C23H19F2N5O3/c1-12(31)10-26-18(32)9-13-5-7-14(8-6-13)28-22-20-17(11-27-23(20)33)29-21(30-22)19-15(24)3-2-4-16(19)25/h2-8,31H,1,9-11H2,(H,26,32)(H,27,33)(H,28,29,30). The lowest BCUT2D eigenvalue weighted by Gasteiger charge is -2.12. The largest absolute Gasteiger partial charge is 0.511 e. The van der Waals surface area contributed by atoms with Crippen LogP contribution >= 0.6 is 0 Å². The Hall–Kier alpha value is -4.34. The van der Waals surface area contributed by atoms with Crippen LogP contribution in [-0.2, 0) is 17.8 Å². The molecule has 33 heavy (non-hydrogen) atoms. The van der Waals surface area contributed by atoms with Crippen LogP contribution in [0.1, 0.15) is 21.6 Å². The first kappa shape index (κ1) is 21.9. The number of benzene rings is 2. The molecule has 1 aromatic heterocycles. The van der Waals surface area contributed by atoms with Crippen molar-refractivity contribution in [1.82, 2.24) is 20.6 Å². The van der Waals surface area contributed by atoms with Gasteiger partial charge in [-0.3, -0.25) is 9.59 Å². The summed E-state index contributed by atoms with van der Waals surface area (Å²) in [7, 11) is 0. The van der Waals surface area contributed by atoms with Crippen LogP contribution in [0.2, 0.25) is 0 Å². The number of anilines is 2. The number of nitrogens with zero attached hydrogens (tertiary/aromatic N) is 2. The number of carbonyl (C=O) groups excluding carboxylic acids is 2. The highest BCUT2D eigenvalue weighted by atomic mass is 19.1. The summed E-state index contributed by atoms with van der Waals surface area (Å²) in [6, 6.07) is 10.2. The summed E-state index contributed by atoms with van der Waals surface area (Å²) in [4.78, 5) is 32.6. The van der Waals surface area contributed by atoms with Crippen molar-refractivity contribution in [2.24, 2.45) is 0 Å². The van der Waals surface area contributed by atoms with E-state index < -0.39 is 17.5 Å². The van der Waals surface area contributed by atoms with Gasteiger partial charge < -0.3 is 21.1 Å². The van der Waals surface area contributed by atoms with Gasteiger partial charge in [0.15, 0.2) is 5.82 Å². The molecule has 0 aliphatic carbocycles. The second-order valence-electron chi connectivity index (χ2n) is 7.34. The molecule has 0 saturated heterocycles. The molecule has 0 unspecified atom stereocenters. The second-order valence-corrected chi connectivity index (χ2v) is 7.34. The number of hydrogen-bond acceptors (Lipinski definition) is 6. The molecule has 0 radical (unpaired) electrons. The predicted molar refractivity (Wildman–Crippen MR) is 117 cm³/mol. The van der Waals surface area contributed by atoms with Gasteiger partial charge >= 0.3 is 0 Å². The van der Waals surface area contributed by atoms with E-state index in [4.69, 9.17) is 5.11 Å². The highest BCUT2D eigenvalue weighted by molar-refractivity contribution is 6.03. The maximum Gasteiger partial charge on any atom is 0.257 e. The van der Waals surface area contributed by atoms with Gasteiger partial charge in [-0.1, -0.05) is 24.8 Å². The van der Waals surface area contributed by atoms with E-state index in [0.29, 0.717) is 16.9 Å². The summed E-state index contributed by atoms with van der Waals surface area (Å²) in [5, 5.41) is 17.2. The Morgan fingerprint density at radius 2 is 1.79 bits per heavy atom. The average molecular weight is 451 g/mol. The van der Waals surface area contributed by atoms with Gasteiger partial charge in [0.2, 0.25) is 5.91 Å². The van der Waals surface area contributed by atoms with Crippen molar-refractivity contribution in [2.45, 2.75) is 13.0 Å². The Labute approximate surface area is 187 Å². The topological polar surface area (TPSA) is 116 Å². The molecule has 168 valence electrons. The molecule has 0 saturated carbocycles. The van der Waals surface area contributed by atoms with Crippen LogP contribution in [0.15, 0.2) is 54.8 Å². The van der Waals surface area contributed by atoms with Crippen molar-refractivity contribution < 1.29 is 23.5 Å². The van der Waals surface area contributed by atoms with Gasteiger partial charge in [-0.15, -0.1) is 0 Å². The molecule has 0 bridgehead atoms. The first-order chi connectivity index (χ1) is 15.8. The van der Waals surface area contributed by atoms with E-state index in [2.05, 4.69) is 32.5 Å². The van der Waals surface area contributed by atoms with Crippen molar-refractivity contribution in [3.05, 3.63) is 83.3 Å². The Morgan fingerprint density at radius 3 is 2.45 bits per heavy atom. The fourth-order valence-electron chi connectivity index (χ4n) is 3.33. The van der Waals surface area contributed by atoms with Gasteiger partial charge in [0.1, 0.15) is 28.8 Å². The van der Waals surface area contributed by atoms with E-state index in [0.717, 1.165) is 12.1 Å². The predicted octanol–water partition coefficient (Wildman–Crippen LogP) is 3.14. The quantitative estimate of drug-likeness (QED) is 0.410. The molecule has 0 atom stereocenters. The average Bonchev–Trinajstić information content (AvgIpc) is 3.14. The Kier molecular flexibility index (Phi) is 5.99. The first-order valence-corrected chi connectivity index (χ1v) is 9.94. The number of fused-ring (bicyclic) bond motifs is 1. The summed E-state index contributed by atoms with van der Waals surface area (Å²) >= 11 is 0. The number of hydrogen-bond donors (Lipinski definition) is 4. The molecule has 2 aromatic carbocycles. The number of aromatic nitrogens is 2. The fraction of sp³-hybridized carbons (Fsp3) is 0.130. The molecule has 0 fully saturated rings. The molecular formula is C23H19F2N5O3. The van der Waals surface area contributed by atoms with Crippen LogP contribution in [0.3, 0.4) is 0 Å². The van der Waals surface area contributed by atoms with E-state index in [-0.39, 0.29) is 53.9 Å². The molecule has 8 nitrogen and oxygen atoms in total. The lowest BCUT2D eigenvalue weighted by Crippen LogP contribution is -2.26. The van der Waals surface area contributed by atoms with Crippen molar-refractivity contribution >= 4 is 23.3 Å². The fourth-order valence-corrected chi connectivity index (χ4v) is 3.33. The maximum atomic E-state index is 14.3. The van der Waals surface area contributed by atoms with E-state index in [1.165, 1.54) is 6.07 Å². The minimum atomic E-state index is -0.814. The van der Waals surface area contributed by atoms with Gasteiger partial charge in [-0.05, 0) is 29.8 Å². The van der Waals surface area contributed by atoms with Gasteiger partial charge in [-0.25, -0.2) is 18.7 Å². The molecule has 10 heteroatoms. The highest BCUT2D eigenvalue weighted by Gasteiger charge is 2.28. The Morgan fingerprint density at radius 1 is 1.09 bits per heavy atom. The van der Waals surface area contributed by atoms with E-state index >= 15 is 0 Å². The molecule has 2 heterocycles. The zero-order valence-electron chi connectivity index (χ0n) is 17.3. The number of aliphatic hydroxyl groups is 1.